The number of carbonyl (C=O) groups is 1. The molecule has 0 saturated carbocycles. The zero-order valence-corrected chi connectivity index (χ0v) is 15.8. The molecular formula is C19H24N2O4S. The van der Waals surface area contributed by atoms with Gasteiger partial charge < -0.3 is 14.8 Å². The van der Waals surface area contributed by atoms with Crippen LogP contribution in [0.1, 0.15) is 30.3 Å². The van der Waals surface area contributed by atoms with E-state index in [9.17, 15) is 9.59 Å². The second kappa shape index (κ2) is 8.89. The van der Waals surface area contributed by atoms with E-state index in [1.54, 1.807) is 4.57 Å². The molecule has 3 rings (SSSR count). The molecule has 0 atom stereocenters. The maximum Gasteiger partial charge on any atom is 0.308 e. The molecule has 1 aliphatic rings. The Kier molecular flexibility index (Phi) is 6.33. The third-order valence-corrected chi connectivity index (χ3v) is 5.36. The smallest absolute Gasteiger partial charge is 0.308 e. The molecular weight excluding hydrogens is 352 g/mol. The Balaban J connectivity index is 1.43. The standard InChI is InChI=1S/C19H24N2O4S/c1-2-24-14-7-9-15(10-8-14)25-12-11-20-18(22)13-21-16-5-3-4-6-17(16)26-19(21)23/h7-10H,2-6,11-13H2,1H3,(H,20,22). The van der Waals surface area contributed by atoms with Gasteiger partial charge in [-0.15, -0.1) is 0 Å². The Labute approximate surface area is 156 Å². The van der Waals surface area contributed by atoms with Crippen molar-refractivity contribution in [1.82, 2.24) is 9.88 Å². The van der Waals surface area contributed by atoms with Crippen molar-refractivity contribution in [2.45, 2.75) is 39.2 Å². The van der Waals surface area contributed by atoms with Crippen LogP contribution < -0.4 is 19.7 Å². The average Bonchev–Trinajstić information content (AvgIpc) is 2.96. The molecule has 7 heteroatoms. The predicted octanol–water partition coefficient (Wildman–Crippen LogP) is 2.38. The molecule has 1 aliphatic carbocycles. The third-order valence-electron chi connectivity index (χ3n) is 4.28. The first-order valence-electron chi connectivity index (χ1n) is 9.01. The van der Waals surface area contributed by atoms with E-state index in [1.165, 1.54) is 11.3 Å². The van der Waals surface area contributed by atoms with Crippen molar-refractivity contribution in [2.24, 2.45) is 0 Å². The Morgan fingerprint density at radius 1 is 1.15 bits per heavy atom. The van der Waals surface area contributed by atoms with Crippen molar-refractivity contribution in [3.8, 4) is 11.5 Å². The first-order chi connectivity index (χ1) is 12.7. The van der Waals surface area contributed by atoms with Gasteiger partial charge in [-0.3, -0.25) is 14.2 Å². The van der Waals surface area contributed by atoms with Gasteiger partial charge in [0.25, 0.3) is 0 Å². The highest BCUT2D eigenvalue weighted by Gasteiger charge is 2.19. The Bertz CT molecular complexity index is 795. The monoisotopic (exact) mass is 376 g/mol. The van der Waals surface area contributed by atoms with E-state index in [2.05, 4.69) is 5.32 Å². The lowest BCUT2D eigenvalue weighted by Crippen LogP contribution is -2.34. The van der Waals surface area contributed by atoms with Crippen LogP contribution in [0.25, 0.3) is 0 Å². The highest BCUT2D eigenvalue weighted by Crippen LogP contribution is 2.23. The van der Waals surface area contributed by atoms with Gasteiger partial charge in [0.2, 0.25) is 5.91 Å². The summed E-state index contributed by atoms with van der Waals surface area (Å²) in [5.74, 6) is 1.37. The van der Waals surface area contributed by atoms with Crippen molar-refractivity contribution in [3.05, 3.63) is 44.5 Å². The number of rotatable bonds is 8. The zero-order valence-electron chi connectivity index (χ0n) is 15.0. The fourth-order valence-corrected chi connectivity index (χ4v) is 4.12. The molecule has 0 aliphatic heterocycles. The second-order valence-electron chi connectivity index (χ2n) is 6.13. The third kappa shape index (κ3) is 4.66. The summed E-state index contributed by atoms with van der Waals surface area (Å²) in [6.07, 6.45) is 4.06. The molecule has 0 bridgehead atoms. The van der Waals surface area contributed by atoms with Crippen molar-refractivity contribution in [1.29, 1.82) is 0 Å². The molecule has 140 valence electrons. The maximum atomic E-state index is 12.1. The summed E-state index contributed by atoms with van der Waals surface area (Å²) in [7, 11) is 0. The Morgan fingerprint density at radius 3 is 2.58 bits per heavy atom. The summed E-state index contributed by atoms with van der Waals surface area (Å²) >= 11 is 1.28. The first kappa shape index (κ1) is 18.5. The first-order valence-corrected chi connectivity index (χ1v) is 9.82. The number of hydrogen-bond acceptors (Lipinski definition) is 5. The fraction of sp³-hybridized carbons (Fsp3) is 0.474. The highest BCUT2D eigenvalue weighted by molar-refractivity contribution is 7.09. The number of benzene rings is 1. The van der Waals surface area contributed by atoms with Gasteiger partial charge in [0.1, 0.15) is 24.7 Å². The number of fused-ring (bicyclic) bond motifs is 1. The molecule has 1 amide bonds. The van der Waals surface area contributed by atoms with Gasteiger partial charge in [0.15, 0.2) is 0 Å². The zero-order chi connectivity index (χ0) is 18.4. The second-order valence-corrected chi connectivity index (χ2v) is 7.18. The molecule has 0 radical (unpaired) electrons. The number of ether oxygens (including phenoxy) is 2. The molecule has 0 saturated heterocycles. The molecule has 1 aromatic heterocycles. The molecule has 1 N–H and O–H groups in total. The lowest BCUT2D eigenvalue weighted by atomic mass is 10.0. The van der Waals surface area contributed by atoms with E-state index in [1.807, 2.05) is 31.2 Å². The normalized spacial score (nSPS) is 13.1. The molecule has 2 aromatic rings. The van der Waals surface area contributed by atoms with Crippen molar-refractivity contribution < 1.29 is 14.3 Å². The van der Waals surface area contributed by atoms with Gasteiger partial charge >= 0.3 is 4.87 Å². The lowest BCUT2D eigenvalue weighted by molar-refractivity contribution is -0.121. The molecule has 1 heterocycles. The van der Waals surface area contributed by atoms with Gasteiger partial charge in [-0.1, -0.05) is 11.3 Å². The van der Waals surface area contributed by atoms with E-state index >= 15 is 0 Å². The van der Waals surface area contributed by atoms with Crippen LogP contribution in [0.4, 0.5) is 0 Å². The van der Waals surface area contributed by atoms with Gasteiger partial charge in [-0.05, 0) is 56.9 Å². The number of nitrogens with zero attached hydrogens (tertiary/aromatic N) is 1. The van der Waals surface area contributed by atoms with Crippen LogP contribution in [0.2, 0.25) is 0 Å². The van der Waals surface area contributed by atoms with E-state index in [4.69, 9.17) is 9.47 Å². The van der Waals surface area contributed by atoms with E-state index in [0.717, 1.165) is 47.8 Å². The minimum Gasteiger partial charge on any atom is -0.494 e. The van der Waals surface area contributed by atoms with E-state index < -0.39 is 0 Å². The average molecular weight is 376 g/mol. The van der Waals surface area contributed by atoms with Crippen molar-refractivity contribution >= 4 is 17.2 Å². The Morgan fingerprint density at radius 2 is 1.85 bits per heavy atom. The molecule has 0 fully saturated rings. The SMILES string of the molecule is CCOc1ccc(OCCNC(=O)Cn2c3c(sc2=O)CCCC3)cc1. The summed E-state index contributed by atoms with van der Waals surface area (Å²) in [6.45, 7) is 3.42. The maximum absolute atomic E-state index is 12.1. The molecule has 1 aromatic carbocycles. The van der Waals surface area contributed by atoms with Crippen LogP contribution in [-0.2, 0) is 24.2 Å². The van der Waals surface area contributed by atoms with Gasteiger partial charge in [0.05, 0.1) is 13.2 Å². The van der Waals surface area contributed by atoms with Crippen LogP contribution in [0, 0.1) is 0 Å². The largest absolute Gasteiger partial charge is 0.494 e. The van der Waals surface area contributed by atoms with Crippen LogP contribution in [0.3, 0.4) is 0 Å². The number of carbonyl (C=O) groups excluding carboxylic acids is 1. The van der Waals surface area contributed by atoms with Gasteiger partial charge in [0, 0.05) is 10.6 Å². The van der Waals surface area contributed by atoms with Crippen LogP contribution in [-0.4, -0.2) is 30.2 Å². The highest BCUT2D eigenvalue weighted by atomic mass is 32.1. The minimum absolute atomic E-state index is 0.0299. The van der Waals surface area contributed by atoms with Crippen LogP contribution in [0.5, 0.6) is 11.5 Å². The number of amides is 1. The number of aryl methyl sites for hydroxylation is 1. The quantitative estimate of drug-likeness (QED) is 0.718. The summed E-state index contributed by atoms with van der Waals surface area (Å²) in [4.78, 5) is 25.4. The summed E-state index contributed by atoms with van der Waals surface area (Å²) < 4.78 is 12.6. The topological polar surface area (TPSA) is 69.6 Å². The number of nitrogens with one attached hydrogen (secondary N) is 1. The summed E-state index contributed by atoms with van der Waals surface area (Å²) in [6, 6.07) is 7.38. The van der Waals surface area contributed by atoms with Crippen molar-refractivity contribution in [3.63, 3.8) is 0 Å². The number of thiazole rings is 1. The number of hydrogen-bond donors (Lipinski definition) is 1. The summed E-state index contributed by atoms with van der Waals surface area (Å²) in [5, 5.41) is 2.81. The number of aromatic nitrogens is 1. The predicted molar refractivity (Wildman–Crippen MR) is 101 cm³/mol. The van der Waals surface area contributed by atoms with E-state index in [-0.39, 0.29) is 17.3 Å². The lowest BCUT2D eigenvalue weighted by Gasteiger charge is -2.14. The van der Waals surface area contributed by atoms with Crippen molar-refractivity contribution in [2.75, 3.05) is 19.8 Å². The molecule has 26 heavy (non-hydrogen) atoms. The summed E-state index contributed by atoms with van der Waals surface area (Å²) in [5.41, 5.74) is 1.05. The van der Waals surface area contributed by atoms with Crippen LogP contribution >= 0.6 is 11.3 Å². The van der Waals surface area contributed by atoms with Gasteiger partial charge in [-0.2, -0.15) is 0 Å². The Hall–Kier alpha value is -2.28. The molecule has 6 nitrogen and oxygen atoms in total. The van der Waals surface area contributed by atoms with E-state index in [0.29, 0.717) is 19.8 Å². The fourth-order valence-electron chi connectivity index (χ4n) is 3.05. The molecule has 0 spiro atoms. The van der Waals surface area contributed by atoms with Gasteiger partial charge in [-0.25, -0.2) is 0 Å². The minimum atomic E-state index is -0.159. The molecule has 0 unspecified atom stereocenters. The van der Waals surface area contributed by atoms with Crippen LogP contribution in [0.15, 0.2) is 29.1 Å².